The number of rotatable bonds is 5. The Balaban J connectivity index is 1.31. The number of nitrogens with one attached hydrogen (secondary N) is 1. The molecule has 1 saturated heterocycles. The average Bonchev–Trinajstić information content (AvgIpc) is 3.19. The molecule has 29 heavy (non-hydrogen) atoms. The molecule has 2 aromatic carbocycles. The smallest absolute Gasteiger partial charge is 0.241 e. The average molecular weight is 431 g/mol. The number of halogens is 2. The minimum atomic E-state index is -0.0381. The molecule has 3 aromatic rings. The molecule has 1 aliphatic heterocycles. The molecule has 1 N–H and O–H groups in total. The molecule has 6 nitrogen and oxygen atoms in total. The molecular weight excluding hydrogens is 411 g/mol. The fourth-order valence-electron chi connectivity index (χ4n) is 3.41. The van der Waals surface area contributed by atoms with Gasteiger partial charge in [0.05, 0.1) is 22.3 Å². The van der Waals surface area contributed by atoms with E-state index in [1.165, 1.54) is 0 Å². The zero-order valence-corrected chi connectivity index (χ0v) is 17.2. The Kier molecular flexibility index (Phi) is 6.13. The summed E-state index contributed by atoms with van der Waals surface area (Å²) in [7, 11) is 0. The monoisotopic (exact) mass is 430 g/mol. The van der Waals surface area contributed by atoms with Gasteiger partial charge in [-0.25, -0.2) is 0 Å². The molecule has 1 aromatic heterocycles. The van der Waals surface area contributed by atoms with Gasteiger partial charge in [-0.15, -0.1) is 0 Å². The molecule has 0 aliphatic carbocycles. The highest BCUT2D eigenvalue weighted by Crippen LogP contribution is 2.27. The van der Waals surface area contributed by atoms with Crippen LogP contribution in [0.3, 0.4) is 0 Å². The Morgan fingerprint density at radius 2 is 1.76 bits per heavy atom. The summed E-state index contributed by atoms with van der Waals surface area (Å²) in [4.78, 5) is 19.2. The van der Waals surface area contributed by atoms with Crippen molar-refractivity contribution in [2.24, 2.45) is 5.92 Å². The summed E-state index contributed by atoms with van der Waals surface area (Å²) < 4.78 is 5.39. The van der Waals surface area contributed by atoms with Crippen molar-refractivity contribution in [3.05, 3.63) is 64.5 Å². The predicted molar refractivity (Wildman–Crippen MR) is 113 cm³/mol. The van der Waals surface area contributed by atoms with Crippen LogP contribution in [0.4, 0.5) is 5.69 Å². The van der Waals surface area contributed by atoms with E-state index in [9.17, 15) is 4.79 Å². The van der Waals surface area contributed by atoms with Crippen LogP contribution in [0.25, 0.3) is 11.4 Å². The van der Waals surface area contributed by atoms with Crippen LogP contribution in [-0.2, 0) is 11.3 Å². The third-order valence-electron chi connectivity index (χ3n) is 5.03. The molecule has 1 aliphatic rings. The number of anilines is 1. The molecule has 1 fully saturated rings. The zero-order valence-electron chi connectivity index (χ0n) is 15.6. The second-order valence-electron chi connectivity index (χ2n) is 7.01. The first-order valence-electron chi connectivity index (χ1n) is 9.45. The minimum absolute atomic E-state index is 0.0107. The quantitative estimate of drug-likeness (QED) is 0.623. The van der Waals surface area contributed by atoms with Crippen LogP contribution >= 0.6 is 23.2 Å². The van der Waals surface area contributed by atoms with E-state index in [2.05, 4.69) is 20.4 Å². The van der Waals surface area contributed by atoms with E-state index in [0.29, 0.717) is 34.0 Å². The van der Waals surface area contributed by atoms with Gasteiger partial charge in [-0.2, -0.15) is 4.98 Å². The van der Waals surface area contributed by atoms with Gasteiger partial charge in [-0.1, -0.05) is 52.6 Å². The Bertz CT molecular complexity index is 1000. The Morgan fingerprint density at radius 1 is 1.07 bits per heavy atom. The number of amides is 1. The van der Waals surface area contributed by atoms with Gasteiger partial charge in [0.1, 0.15) is 0 Å². The number of likely N-dealkylation sites (tertiary alicyclic amines) is 1. The van der Waals surface area contributed by atoms with Crippen LogP contribution in [0.15, 0.2) is 53.1 Å². The third kappa shape index (κ3) is 4.78. The van der Waals surface area contributed by atoms with Gasteiger partial charge < -0.3 is 9.84 Å². The van der Waals surface area contributed by atoms with Crippen LogP contribution in [0.1, 0.15) is 18.7 Å². The SMILES string of the molecule is O=C(Nc1ccccc1Cl)C1CCN(Cc2nc(-c3ccccc3Cl)no2)CC1. The number of carbonyl (C=O) groups excluding carboxylic acids is 1. The second-order valence-corrected chi connectivity index (χ2v) is 7.83. The van der Waals surface area contributed by atoms with Crippen LogP contribution < -0.4 is 5.32 Å². The lowest BCUT2D eigenvalue weighted by Crippen LogP contribution is -2.37. The topological polar surface area (TPSA) is 71.3 Å². The molecule has 8 heteroatoms. The fraction of sp³-hybridized carbons (Fsp3) is 0.286. The number of hydrogen-bond donors (Lipinski definition) is 1. The number of carbonyl (C=O) groups is 1. The molecule has 0 spiro atoms. The number of para-hydroxylation sites is 1. The van der Waals surface area contributed by atoms with E-state index in [4.69, 9.17) is 27.7 Å². The van der Waals surface area contributed by atoms with Gasteiger partial charge in [0.25, 0.3) is 0 Å². The molecule has 0 radical (unpaired) electrons. The van der Waals surface area contributed by atoms with Crippen molar-refractivity contribution in [1.29, 1.82) is 0 Å². The molecule has 2 heterocycles. The summed E-state index contributed by atoms with van der Waals surface area (Å²) in [5, 5.41) is 8.10. The van der Waals surface area contributed by atoms with Crippen molar-refractivity contribution in [1.82, 2.24) is 15.0 Å². The van der Waals surface area contributed by atoms with Gasteiger partial charge in [0.15, 0.2) is 0 Å². The predicted octanol–water partition coefficient (Wildman–Crippen LogP) is 4.89. The maximum absolute atomic E-state index is 12.5. The molecule has 1 amide bonds. The maximum Gasteiger partial charge on any atom is 0.241 e. The largest absolute Gasteiger partial charge is 0.338 e. The number of aromatic nitrogens is 2. The van der Waals surface area contributed by atoms with E-state index >= 15 is 0 Å². The number of hydrogen-bond acceptors (Lipinski definition) is 5. The van der Waals surface area contributed by atoms with Crippen molar-refractivity contribution in [3.8, 4) is 11.4 Å². The third-order valence-corrected chi connectivity index (χ3v) is 5.69. The van der Waals surface area contributed by atoms with Crippen molar-refractivity contribution in [3.63, 3.8) is 0 Å². The minimum Gasteiger partial charge on any atom is -0.338 e. The van der Waals surface area contributed by atoms with Gasteiger partial charge >= 0.3 is 0 Å². The maximum atomic E-state index is 12.5. The van der Waals surface area contributed by atoms with Crippen molar-refractivity contribution in [2.45, 2.75) is 19.4 Å². The molecule has 0 atom stereocenters. The molecule has 0 saturated carbocycles. The molecule has 0 bridgehead atoms. The van der Waals surface area contributed by atoms with Crippen LogP contribution in [0.2, 0.25) is 10.0 Å². The van der Waals surface area contributed by atoms with Crippen LogP contribution in [-0.4, -0.2) is 34.0 Å². The van der Waals surface area contributed by atoms with Gasteiger partial charge in [-0.05, 0) is 50.2 Å². The first-order valence-corrected chi connectivity index (χ1v) is 10.2. The summed E-state index contributed by atoms with van der Waals surface area (Å²) >= 11 is 12.3. The fourth-order valence-corrected chi connectivity index (χ4v) is 3.82. The number of piperidine rings is 1. The lowest BCUT2D eigenvalue weighted by molar-refractivity contribution is -0.121. The molecule has 4 rings (SSSR count). The first kappa shape index (κ1) is 19.9. The first-order chi connectivity index (χ1) is 14.1. The van der Waals surface area contributed by atoms with E-state index in [-0.39, 0.29) is 11.8 Å². The standard InChI is InChI=1S/C21H20Cl2N4O2/c22-16-6-2-1-5-15(16)20-25-19(29-26-20)13-27-11-9-14(10-12-27)21(28)24-18-8-4-3-7-17(18)23/h1-8,14H,9-13H2,(H,24,28). The Hall–Kier alpha value is -2.41. The van der Waals surface area contributed by atoms with Crippen molar-refractivity contribution >= 4 is 34.8 Å². The van der Waals surface area contributed by atoms with Crippen LogP contribution in [0, 0.1) is 5.92 Å². The molecule has 150 valence electrons. The van der Waals surface area contributed by atoms with E-state index in [0.717, 1.165) is 31.5 Å². The van der Waals surface area contributed by atoms with E-state index in [1.807, 2.05) is 36.4 Å². The van der Waals surface area contributed by atoms with Crippen LogP contribution in [0.5, 0.6) is 0 Å². The van der Waals surface area contributed by atoms with E-state index < -0.39 is 0 Å². The molecule has 0 unspecified atom stereocenters. The lowest BCUT2D eigenvalue weighted by atomic mass is 9.96. The van der Waals surface area contributed by atoms with Gasteiger partial charge in [0.2, 0.25) is 17.6 Å². The molecular formula is C21H20Cl2N4O2. The zero-order chi connectivity index (χ0) is 20.2. The Labute approximate surface area is 178 Å². The summed E-state index contributed by atoms with van der Waals surface area (Å²) in [6.07, 6.45) is 1.53. The van der Waals surface area contributed by atoms with Crippen molar-refractivity contribution < 1.29 is 9.32 Å². The number of benzene rings is 2. The Morgan fingerprint density at radius 3 is 2.48 bits per heavy atom. The van der Waals surface area contributed by atoms with Gasteiger partial charge in [-0.3, -0.25) is 9.69 Å². The highest BCUT2D eigenvalue weighted by Gasteiger charge is 2.26. The summed E-state index contributed by atoms with van der Waals surface area (Å²) in [5.41, 5.74) is 1.40. The normalized spacial score (nSPS) is 15.4. The summed E-state index contributed by atoms with van der Waals surface area (Å²) in [5.74, 6) is 0.999. The highest BCUT2D eigenvalue weighted by atomic mass is 35.5. The lowest BCUT2D eigenvalue weighted by Gasteiger charge is -2.30. The van der Waals surface area contributed by atoms with E-state index in [1.54, 1.807) is 12.1 Å². The summed E-state index contributed by atoms with van der Waals surface area (Å²) in [6, 6.07) is 14.7. The summed E-state index contributed by atoms with van der Waals surface area (Å²) in [6.45, 7) is 2.12. The van der Waals surface area contributed by atoms with Gasteiger partial charge in [0, 0.05) is 11.5 Å². The number of nitrogens with zero attached hydrogens (tertiary/aromatic N) is 3. The van der Waals surface area contributed by atoms with Crippen molar-refractivity contribution in [2.75, 3.05) is 18.4 Å². The highest BCUT2D eigenvalue weighted by molar-refractivity contribution is 6.33. The second kappa shape index (κ2) is 8.95.